The van der Waals surface area contributed by atoms with Gasteiger partial charge in [-0.3, -0.25) is 9.59 Å². The minimum absolute atomic E-state index is 0.00911. The fourth-order valence-corrected chi connectivity index (χ4v) is 1.90. The fraction of sp³-hybridized carbons (Fsp3) is 0.636. The smallest absolute Gasteiger partial charge is 0.308 e. The van der Waals surface area contributed by atoms with E-state index >= 15 is 0 Å². The van der Waals surface area contributed by atoms with Crippen LogP contribution in [0.2, 0.25) is 0 Å². The van der Waals surface area contributed by atoms with Crippen molar-refractivity contribution in [1.82, 2.24) is 0 Å². The van der Waals surface area contributed by atoms with E-state index in [1.165, 1.54) is 6.92 Å². The van der Waals surface area contributed by atoms with Crippen molar-refractivity contribution in [2.24, 2.45) is 5.41 Å². The molecule has 14 heavy (non-hydrogen) atoms. The van der Waals surface area contributed by atoms with Gasteiger partial charge < -0.3 is 4.74 Å². The van der Waals surface area contributed by atoms with E-state index in [0.717, 1.165) is 12.0 Å². The molecule has 0 heterocycles. The molecule has 0 radical (unpaired) electrons. The van der Waals surface area contributed by atoms with E-state index in [-0.39, 0.29) is 17.0 Å². The van der Waals surface area contributed by atoms with Gasteiger partial charge in [-0.25, -0.2) is 0 Å². The van der Waals surface area contributed by atoms with Crippen molar-refractivity contribution in [3.8, 4) is 0 Å². The lowest BCUT2D eigenvalue weighted by molar-refractivity contribution is -0.141. The van der Waals surface area contributed by atoms with Crippen LogP contribution in [0, 0.1) is 5.41 Å². The topological polar surface area (TPSA) is 43.4 Å². The van der Waals surface area contributed by atoms with E-state index in [0.29, 0.717) is 6.42 Å². The largest absolute Gasteiger partial charge is 0.423 e. The lowest BCUT2D eigenvalue weighted by atomic mass is 9.76. The summed E-state index contributed by atoms with van der Waals surface area (Å²) in [7, 11) is 0. The summed E-state index contributed by atoms with van der Waals surface area (Å²) in [4.78, 5) is 22.4. The molecule has 3 heteroatoms. The van der Waals surface area contributed by atoms with Gasteiger partial charge in [0.2, 0.25) is 0 Å². The second-order valence-electron chi connectivity index (χ2n) is 4.64. The van der Waals surface area contributed by atoms with Crippen LogP contribution in [0.1, 0.15) is 40.5 Å². The van der Waals surface area contributed by atoms with Crippen LogP contribution in [0.25, 0.3) is 0 Å². The highest BCUT2D eigenvalue weighted by molar-refractivity contribution is 5.97. The van der Waals surface area contributed by atoms with Crippen molar-refractivity contribution in [3.63, 3.8) is 0 Å². The molecule has 0 amide bonds. The molecule has 0 unspecified atom stereocenters. The van der Waals surface area contributed by atoms with Crippen LogP contribution in [0.3, 0.4) is 0 Å². The van der Waals surface area contributed by atoms with Gasteiger partial charge in [0.25, 0.3) is 0 Å². The van der Waals surface area contributed by atoms with Gasteiger partial charge in [0.15, 0.2) is 11.5 Å². The van der Waals surface area contributed by atoms with Gasteiger partial charge in [-0.2, -0.15) is 0 Å². The third kappa shape index (κ3) is 2.44. The summed E-state index contributed by atoms with van der Waals surface area (Å²) in [6.45, 7) is 7.24. The zero-order chi connectivity index (χ0) is 10.9. The van der Waals surface area contributed by atoms with Crippen molar-refractivity contribution in [1.29, 1.82) is 0 Å². The first-order chi connectivity index (χ1) is 6.32. The van der Waals surface area contributed by atoms with Gasteiger partial charge in [-0.15, -0.1) is 0 Å². The minimum Gasteiger partial charge on any atom is -0.423 e. The molecule has 78 valence electrons. The normalized spacial score (nSPS) is 21.0. The Labute approximate surface area is 84.1 Å². The van der Waals surface area contributed by atoms with E-state index in [9.17, 15) is 9.59 Å². The van der Waals surface area contributed by atoms with Crippen molar-refractivity contribution in [3.05, 3.63) is 11.3 Å². The molecule has 0 atom stereocenters. The van der Waals surface area contributed by atoms with Crippen molar-refractivity contribution in [2.75, 3.05) is 0 Å². The van der Waals surface area contributed by atoms with Crippen LogP contribution < -0.4 is 0 Å². The first-order valence-electron chi connectivity index (χ1n) is 4.73. The molecule has 0 aromatic rings. The molecule has 0 fully saturated rings. The summed E-state index contributed by atoms with van der Waals surface area (Å²) < 4.78 is 4.90. The number of allylic oxidation sites excluding steroid dienone is 2. The molecule has 0 aromatic carbocycles. The second kappa shape index (κ2) is 3.56. The molecule has 0 N–H and O–H groups in total. The molecule has 3 nitrogen and oxygen atoms in total. The minimum atomic E-state index is -0.424. The van der Waals surface area contributed by atoms with Gasteiger partial charge in [0.1, 0.15) is 0 Å². The quantitative estimate of drug-likeness (QED) is 0.604. The highest BCUT2D eigenvalue weighted by Crippen LogP contribution is 2.36. The molecule has 1 aliphatic carbocycles. The first-order valence-corrected chi connectivity index (χ1v) is 4.73. The lowest BCUT2D eigenvalue weighted by Crippen LogP contribution is -2.26. The Kier molecular flexibility index (Phi) is 2.79. The molecule has 1 aliphatic rings. The number of carbonyl (C=O) groups is 2. The predicted molar refractivity (Wildman–Crippen MR) is 52.5 cm³/mol. The molecule has 1 rings (SSSR count). The highest BCUT2D eigenvalue weighted by Gasteiger charge is 2.32. The summed E-state index contributed by atoms with van der Waals surface area (Å²) in [5, 5.41) is 0. The number of ketones is 1. The molecule has 0 spiro atoms. The molecule has 0 bridgehead atoms. The Hall–Kier alpha value is -1.12. The zero-order valence-electron chi connectivity index (χ0n) is 9.14. The number of rotatable bonds is 1. The number of hydrogen-bond acceptors (Lipinski definition) is 3. The summed E-state index contributed by atoms with van der Waals surface area (Å²) >= 11 is 0. The molecule has 0 saturated carbocycles. The Morgan fingerprint density at radius 3 is 2.36 bits per heavy atom. The molecule has 0 aromatic heterocycles. The number of esters is 1. The van der Waals surface area contributed by atoms with Crippen LogP contribution in [0.15, 0.2) is 11.3 Å². The molecular weight excluding hydrogens is 180 g/mol. The highest BCUT2D eigenvalue weighted by atomic mass is 16.5. The maximum Gasteiger partial charge on any atom is 0.308 e. The summed E-state index contributed by atoms with van der Waals surface area (Å²) in [5.74, 6) is -0.224. The van der Waals surface area contributed by atoms with E-state index < -0.39 is 5.97 Å². The van der Waals surface area contributed by atoms with E-state index in [4.69, 9.17) is 4.74 Å². The van der Waals surface area contributed by atoms with Gasteiger partial charge in [0, 0.05) is 13.3 Å². The van der Waals surface area contributed by atoms with Crippen LogP contribution in [-0.2, 0) is 14.3 Å². The van der Waals surface area contributed by atoms with Crippen LogP contribution in [-0.4, -0.2) is 11.8 Å². The van der Waals surface area contributed by atoms with Gasteiger partial charge in [-0.1, -0.05) is 13.8 Å². The van der Waals surface area contributed by atoms with E-state index in [1.807, 2.05) is 20.8 Å². The Morgan fingerprint density at radius 1 is 1.36 bits per heavy atom. The Morgan fingerprint density at radius 2 is 1.93 bits per heavy atom. The third-order valence-corrected chi connectivity index (χ3v) is 2.27. The first kappa shape index (κ1) is 11.0. The van der Waals surface area contributed by atoms with Crippen molar-refractivity contribution >= 4 is 11.8 Å². The fourth-order valence-electron chi connectivity index (χ4n) is 1.90. The summed E-state index contributed by atoms with van der Waals surface area (Å²) in [6.07, 6.45) is 1.26. The lowest BCUT2D eigenvalue weighted by Gasteiger charge is -2.29. The number of hydrogen-bond donors (Lipinski definition) is 0. The molecule has 0 saturated heterocycles. The number of Topliss-reactive ketones (excluding diaryl/α,β-unsaturated/α-hetero) is 1. The van der Waals surface area contributed by atoms with Crippen LogP contribution in [0.5, 0.6) is 0 Å². The van der Waals surface area contributed by atoms with E-state index in [2.05, 4.69) is 0 Å². The third-order valence-electron chi connectivity index (χ3n) is 2.27. The Bertz CT molecular complexity index is 310. The van der Waals surface area contributed by atoms with Crippen LogP contribution in [0.4, 0.5) is 0 Å². The van der Waals surface area contributed by atoms with Gasteiger partial charge in [0.05, 0.1) is 0 Å². The average Bonchev–Trinajstić information content (AvgIpc) is 1.94. The average molecular weight is 196 g/mol. The van der Waals surface area contributed by atoms with Crippen molar-refractivity contribution in [2.45, 2.75) is 40.5 Å². The molecular formula is C11H16O3. The number of ether oxygens (including phenoxy) is 1. The standard InChI is InChI=1S/C11H16O3/c1-7-5-11(3,4)6-9(13)10(7)14-8(2)12/h5-6H2,1-4H3. The van der Waals surface area contributed by atoms with Gasteiger partial charge >= 0.3 is 5.97 Å². The SMILES string of the molecule is CC(=O)OC1=C(C)CC(C)(C)CC1=O. The maximum atomic E-state index is 11.6. The maximum absolute atomic E-state index is 11.6. The molecule has 0 aliphatic heterocycles. The monoisotopic (exact) mass is 196 g/mol. The number of carbonyl (C=O) groups excluding carboxylic acids is 2. The van der Waals surface area contributed by atoms with Gasteiger partial charge in [-0.05, 0) is 24.3 Å². The zero-order valence-corrected chi connectivity index (χ0v) is 9.14. The van der Waals surface area contributed by atoms with Crippen LogP contribution >= 0.6 is 0 Å². The summed E-state index contributed by atoms with van der Waals surface area (Å²) in [6, 6.07) is 0. The van der Waals surface area contributed by atoms with Crippen molar-refractivity contribution < 1.29 is 14.3 Å². The van der Waals surface area contributed by atoms with E-state index in [1.54, 1.807) is 0 Å². The Balaban J connectivity index is 2.93. The summed E-state index contributed by atoms with van der Waals surface area (Å²) in [5.41, 5.74) is 0.867. The predicted octanol–water partition coefficient (Wildman–Crippen LogP) is 2.21. The second-order valence-corrected chi connectivity index (χ2v) is 4.64.